The lowest BCUT2D eigenvalue weighted by molar-refractivity contribution is 0.125. The fourth-order valence-electron chi connectivity index (χ4n) is 1.44. The van der Waals surface area contributed by atoms with Gasteiger partial charge >= 0.3 is 6.43 Å². The molecule has 4 heteroatoms. The molecule has 0 amide bonds. The van der Waals surface area contributed by atoms with E-state index in [2.05, 4.69) is 18.3 Å². The van der Waals surface area contributed by atoms with Crippen LogP contribution in [-0.2, 0) is 4.74 Å². The normalized spacial score (nSPS) is 22.9. The van der Waals surface area contributed by atoms with Crippen LogP contribution in [-0.4, -0.2) is 17.6 Å². The summed E-state index contributed by atoms with van der Waals surface area (Å²) in [5.41, 5.74) is 0. The smallest absolute Gasteiger partial charge is 0.305 e. The van der Waals surface area contributed by atoms with Crippen LogP contribution in [0, 0.1) is 0 Å². The number of allylic oxidation sites excluding steroid dienone is 1. The molecule has 0 heterocycles. The Balaban J connectivity index is 2.38. The van der Waals surface area contributed by atoms with E-state index in [0.29, 0.717) is 6.42 Å². The highest BCUT2D eigenvalue weighted by Gasteiger charge is 2.17. The van der Waals surface area contributed by atoms with Crippen LogP contribution < -0.4 is 0 Å². The number of hydrogen-bond donors (Lipinski definition) is 0. The van der Waals surface area contributed by atoms with Crippen LogP contribution in [0.3, 0.4) is 0 Å². The van der Waals surface area contributed by atoms with Gasteiger partial charge in [-0.2, -0.15) is 0 Å². The van der Waals surface area contributed by atoms with Gasteiger partial charge < -0.3 is 4.74 Å². The summed E-state index contributed by atoms with van der Waals surface area (Å²) < 4.78 is 29.2. The topological polar surface area (TPSA) is 9.23 Å². The van der Waals surface area contributed by atoms with Crippen molar-refractivity contribution in [3.8, 4) is 0 Å². The predicted molar refractivity (Wildman–Crippen MR) is 55.7 cm³/mol. The average Bonchev–Trinajstić information content (AvgIpc) is 2.08. The molecule has 0 aromatic rings. The van der Waals surface area contributed by atoms with Crippen molar-refractivity contribution in [2.45, 2.75) is 44.6 Å². The summed E-state index contributed by atoms with van der Waals surface area (Å²) in [6.07, 6.45) is 5.94. The first kappa shape index (κ1) is 11.6. The molecule has 80 valence electrons. The average molecular weight is 220 g/mol. The van der Waals surface area contributed by atoms with Crippen LogP contribution in [0.5, 0.6) is 0 Å². The largest absolute Gasteiger partial charge is 0.479 e. The molecule has 0 aliphatic heterocycles. The second-order valence-electron chi connectivity index (χ2n) is 3.35. The van der Waals surface area contributed by atoms with Gasteiger partial charge in [0.25, 0.3) is 0 Å². The third-order valence-corrected chi connectivity index (χ3v) is 2.45. The van der Waals surface area contributed by atoms with Crippen molar-refractivity contribution in [1.82, 2.24) is 0 Å². The minimum atomic E-state index is -2.64. The molecule has 0 fully saturated rings. The molecule has 0 bridgehead atoms. The Bertz CT molecular complexity index is 216. The fourth-order valence-corrected chi connectivity index (χ4v) is 1.58. The number of alkyl halides is 2. The van der Waals surface area contributed by atoms with E-state index in [4.69, 9.17) is 4.74 Å². The molecule has 1 rings (SSSR count). The summed E-state index contributed by atoms with van der Waals surface area (Å²) >= 11 is 4.44. The van der Waals surface area contributed by atoms with Gasteiger partial charge in [-0.05, 0) is 37.9 Å². The highest BCUT2D eigenvalue weighted by molar-refractivity contribution is 7.80. The molecular weight excluding hydrogens is 206 g/mol. The van der Waals surface area contributed by atoms with Crippen molar-refractivity contribution in [2.24, 2.45) is 0 Å². The second-order valence-corrected chi connectivity index (χ2v) is 3.75. The summed E-state index contributed by atoms with van der Waals surface area (Å²) in [4.78, 5) is 0. The van der Waals surface area contributed by atoms with Crippen LogP contribution in [0.25, 0.3) is 0 Å². The molecule has 0 saturated carbocycles. The van der Waals surface area contributed by atoms with Gasteiger partial charge in [-0.3, -0.25) is 0 Å². The minimum Gasteiger partial charge on any atom is -0.479 e. The van der Waals surface area contributed by atoms with E-state index in [1.54, 1.807) is 0 Å². The zero-order valence-electron chi connectivity index (χ0n) is 7.92. The molecule has 0 aromatic carbocycles. The highest BCUT2D eigenvalue weighted by Crippen LogP contribution is 2.16. The molecule has 0 radical (unpaired) electrons. The van der Waals surface area contributed by atoms with E-state index in [-0.39, 0.29) is 6.10 Å². The maximum absolute atomic E-state index is 12.1. The van der Waals surface area contributed by atoms with E-state index < -0.39 is 11.5 Å². The third-order valence-electron chi connectivity index (χ3n) is 2.17. The quantitative estimate of drug-likeness (QED) is 0.520. The molecule has 1 aliphatic carbocycles. The Hall–Kier alpha value is -0.510. The summed E-state index contributed by atoms with van der Waals surface area (Å²) in [5, 5.41) is -0.566. The number of hydrogen-bond acceptors (Lipinski definition) is 2. The number of ether oxygens (including phenoxy) is 1. The monoisotopic (exact) mass is 220 g/mol. The lowest BCUT2D eigenvalue weighted by Crippen LogP contribution is -2.21. The van der Waals surface area contributed by atoms with Crippen molar-refractivity contribution in [1.29, 1.82) is 0 Å². The highest BCUT2D eigenvalue weighted by atomic mass is 32.1. The third kappa shape index (κ3) is 4.13. The molecule has 14 heavy (non-hydrogen) atoms. The number of rotatable bonds is 2. The lowest BCUT2D eigenvalue weighted by atomic mass is 10.0. The maximum Gasteiger partial charge on any atom is 0.305 e. The first-order valence-electron chi connectivity index (χ1n) is 4.84. The van der Waals surface area contributed by atoms with Crippen LogP contribution in [0.1, 0.15) is 32.1 Å². The lowest BCUT2D eigenvalue weighted by Gasteiger charge is -2.18. The van der Waals surface area contributed by atoms with Crippen molar-refractivity contribution >= 4 is 17.3 Å². The summed E-state index contributed by atoms with van der Waals surface area (Å²) in [7, 11) is 0. The number of thiocarbonyl (C=S) groups is 1. The SMILES string of the molecule is FC(F)C(=S)OC1CC=CCCCC1. The van der Waals surface area contributed by atoms with Gasteiger partial charge in [-0.15, -0.1) is 0 Å². The van der Waals surface area contributed by atoms with Gasteiger partial charge in [-0.25, -0.2) is 8.78 Å². The van der Waals surface area contributed by atoms with Gasteiger partial charge in [0.2, 0.25) is 5.05 Å². The fraction of sp³-hybridized carbons (Fsp3) is 0.700. The van der Waals surface area contributed by atoms with Crippen LogP contribution in [0.15, 0.2) is 12.2 Å². The number of halogens is 2. The maximum atomic E-state index is 12.1. The van der Waals surface area contributed by atoms with E-state index >= 15 is 0 Å². The van der Waals surface area contributed by atoms with Crippen LogP contribution >= 0.6 is 12.2 Å². The van der Waals surface area contributed by atoms with Gasteiger partial charge in [0, 0.05) is 6.42 Å². The van der Waals surface area contributed by atoms with Crippen LogP contribution in [0.2, 0.25) is 0 Å². The van der Waals surface area contributed by atoms with Crippen molar-refractivity contribution in [2.75, 3.05) is 0 Å². The molecular formula is C10H14F2OS. The van der Waals surface area contributed by atoms with Gasteiger partial charge in [0.15, 0.2) is 0 Å². The molecule has 0 aromatic heterocycles. The molecule has 1 unspecified atom stereocenters. The summed E-state index contributed by atoms with van der Waals surface area (Å²) in [6.45, 7) is 0. The standard InChI is InChI=1S/C10H14F2OS/c11-9(12)10(14)13-8-6-4-2-1-3-5-7-8/h2,4,8-9H,1,3,5-7H2. The van der Waals surface area contributed by atoms with E-state index in [0.717, 1.165) is 25.7 Å². The zero-order valence-corrected chi connectivity index (χ0v) is 8.73. The Kier molecular flexibility index (Phi) is 5.01. The van der Waals surface area contributed by atoms with Crippen molar-refractivity contribution in [3.63, 3.8) is 0 Å². The first-order valence-corrected chi connectivity index (χ1v) is 5.24. The minimum absolute atomic E-state index is 0.159. The van der Waals surface area contributed by atoms with E-state index in [9.17, 15) is 8.78 Å². The predicted octanol–water partition coefficient (Wildman–Crippen LogP) is 3.48. The second kappa shape index (κ2) is 6.06. The molecule has 0 spiro atoms. The van der Waals surface area contributed by atoms with E-state index in [1.807, 2.05) is 6.08 Å². The molecule has 1 aliphatic rings. The van der Waals surface area contributed by atoms with Gasteiger partial charge in [0.05, 0.1) is 0 Å². The first-order chi connectivity index (χ1) is 6.70. The van der Waals surface area contributed by atoms with E-state index in [1.165, 1.54) is 0 Å². The summed E-state index contributed by atoms with van der Waals surface area (Å²) in [5.74, 6) is 0. The molecule has 1 nitrogen and oxygen atoms in total. The summed E-state index contributed by atoms with van der Waals surface area (Å²) in [6, 6.07) is 0. The zero-order chi connectivity index (χ0) is 10.4. The van der Waals surface area contributed by atoms with Gasteiger partial charge in [-0.1, -0.05) is 12.2 Å². The van der Waals surface area contributed by atoms with Gasteiger partial charge in [0.1, 0.15) is 6.10 Å². The molecule has 0 saturated heterocycles. The Labute approximate surface area is 88.1 Å². The Morgan fingerprint density at radius 2 is 2.14 bits per heavy atom. The Morgan fingerprint density at radius 1 is 1.36 bits per heavy atom. The molecule has 0 N–H and O–H groups in total. The Morgan fingerprint density at radius 3 is 2.86 bits per heavy atom. The molecule has 1 atom stereocenters. The van der Waals surface area contributed by atoms with Crippen molar-refractivity contribution in [3.05, 3.63) is 12.2 Å². The van der Waals surface area contributed by atoms with Crippen molar-refractivity contribution < 1.29 is 13.5 Å². The van der Waals surface area contributed by atoms with Crippen LogP contribution in [0.4, 0.5) is 8.78 Å².